The van der Waals surface area contributed by atoms with Gasteiger partial charge in [-0.1, -0.05) is 15.9 Å². The highest BCUT2D eigenvalue weighted by molar-refractivity contribution is 9.09. The molecular weight excluding hydrogens is 168 g/mol. The summed E-state index contributed by atoms with van der Waals surface area (Å²) < 4.78 is 5.23. The van der Waals surface area contributed by atoms with Crippen LogP contribution in [-0.4, -0.2) is 18.0 Å². The standard InChI is InChI=1S/C6H11BrO/c7-6-2-1-4-8-5-3-6/h6H,1-5H2. The van der Waals surface area contributed by atoms with Crippen LogP contribution in [0.15, 0.2) is 0 Å². The number of hydrogen-bond donors (Lipinski definition) is 0. The van der Waals surface area contributed by atoms with Crippen molar-refractivity contribution in [2.75, 3.05) is 13.2 Å². The van der Waals surface area contributed by atoms with Gasteiger partial charge in [0.05, 0.1) is 0 Å². The predicted octanol–water partition coefficient (Wildman–Crippen LogP) is 1.95. The molecule has 1 nitrogen and oxygen atoms in total. The molecule has 0 aromatic rings. The van der Waals surface area contributed by atoms with E-state index in [1.54, 1.807) is 0 Å². The molecular formula is C6H11BrO. The van der Waals surface area contributed by atoms with Gasteiger partial charge in [-0.2, -0.15) is 0 Å². The lowest BCUT2D eigenvalue weighted by atomic mass is 10.2. The van der Waals surface area contributed by atoms with E-state index in [2.05, 4.69) is 15.9 Å². The third-order valence-corrected chi connectivity index (χ3v) is 2.30. The summed E-state index contributed by atoms with van der Waals surface area (Å²) in [7, 11) is 0. The van der Waals surface area contributed by atoms with Crippen LogP contribution in [0.4, 0.5) is 0 Å². The molecule has 2 heteroatoms. The average molecular weight is 179 g/mol. The molecule has 48 valence electrons. The molecule has 0 saturated carbocycles. The highest BCUT2D eigenvalue weighted by atomic mass is 79.9. The molecule has 0 N–H and O–H groups in total. The normalized spacial score (nSPS) is 31.9. The Balaban J connectivity index is 2.17. The first-order valence-corrected chi connectivity index (χ1v) is 4.03. The number of rotatable bonds is 0. The molecule has 1 heterocycles. The van der Waals surface area contributed by atoms with Crippen LogP contribution in [0, 0.1) is 0 Å². The third-order valence-electron chi connectivity index (χ3n) is 1.38. The van der Waals surface area contributed by atoms with Gasteiger partial charge < -0.3 is 4.74 Å². The minimum atomic E-state index is 0.713. The molecule has 0 aromatic carbocycles. The summed E-state index contributed by atoms with van der Waals surface area (Å²) >= 11 is 3.56. The van der Waals surface area contributed by atoms with E-state index in [1.165, 1.54) is 19.3 Å². The van der Waals surface area contributed by atoms with E-state index in [9.17, 15) is 0 Å². The first-order valence-electron chi connectivity index (χ1n) is 3.11. The van der Waals surface area contributed by atoms with Crippen LogP contribution >= 0.6 is 15.9 Å². The largest absolute Gasteiger partial charge is 0.381 e. The van der Waals surface area contributed by atoms with E-state index >= 15 is 0 Å². The predicted molar refractivity (Wildman–Crippen MR) is 37.4 cm³/mol. The molecule has 0 aliphatic carbocycles. The molecule has 1 rings (SSSR count). The molecule has 0 bridgehead atoms. The van der Waals surface area contributed by atoms with Crippen molar-refractivity contribution < 1.29 is 4.74 Å². The second kappa shape index (κ2) is 3.46. The van der Waals surface area contributed by atoms with Crippen LogP contribution in [0.5, 0.6) is 0 Å². The Hall–Kier alpha value is 0.440. The first kappa shape index (κ1) is 6.56. The second-order valence-electron chi connectivity index (χ2n) is 2.14. The summed E-state index contributed by atoms with van der Waals surface area (Å²) in [6, 6.07) is 0. The monoisotopic (exact) mass is 178 g/mol. The maximum Gasteiger partial charge on any atom is 0.0476 e. The van der Waals surface area contributed by atoms with E-state index in [1.807, 2.05) is 0 Å². The van der Waals surface area contributed by atoms with Gasteiger partial charge in [0.2, 0.25) is 0 Å². The van der Waals surface area contributed by atoms with Crippen LogP contribution in [0.2, 0.25) is 0 Å². The first-order chi connectivity index (χ1) is 3.89. The molecule has 1 unspecified atom stereocenters. The fourth-order valence-corrected chi connectivity index (χ4v) is 1.38. The van der Waals surface area contributed by atoms with Gasteiger partial charge >= 0.3 is 0 Å². The maximum atomic E-state index is 5.23. The van der Waals surface area contributed by atoms with Gasteiger partial charge in [-0.25, -0.2) is 0 Å². The van der Waals surface area contributed by atoms with Crippen molar-refractivity contribution in [3.05, 3.63) is 0 Å². The van der Waals surface area contributed by atoms with Crippen LogP contribution in [-0.2, 0) is 4.74 Å². The summed E-state index contributed by atoms with van der Waals surface area (Å²) in [6.45, 7) is 1.90. The van der Waals surface area contributed by atoms with Crippen LogP contribution in [0.25, 0.3) is 0 Å². The van der Waals surface area contributed by atoms with E-state index in [0.29, 0.717) is 4.83 Å². The summed E-state index contributed by atoms with van der Waals surface area (Å²) in [5.41, 5.74) is 0. The fourth-order valence-electron chi connectivity index (χ4n) is 0.864. The van der Waals surface area contributed by atoms with E-state index < -0.39 is 0 Å². The van der Waals surface area contributed by atoms with Crippen LogP contribution in [0.1, 0.15) is 19.3 Å². The zero-order valence-corrected chi connectivity index (χ0v) is 6.49. The molecule has 1 saturated heterocycles. The van der Waals surface area contributed by atoms with Gasteiger partial charge in [0, 0.05) is 18.0 Å². The molecule has 1 atom stereocenters. The van der Waals surface area contributed by atoms with Gasteiger partial charge in [-0.05, 0) is 19.3 Å². The molecule has 1 fully saturated rings. The van der Waals surface area contributed by atoms with Gasteiger partial charge in [-0.15, -0.1) is 0 Å². The molecule has 0 radical (unpaired) electrons. The third kappa shape index (κ3) is 2.14. The van der Waals surface area contributed by atoms with Crippen molar-refractivity contribution in [1.29, 1.82) is 0 Å². The summed E-state index contributed by atoms with van der Waals surface area (Å²) in [6.07, 6.45) is 3.68. The smallest absolute Gasteiger partial charge is 0.0476 e. The highest BCUT2D eigenvalue weighted by Crippen LogP contribution is 2.15. The Labute approximate surface area is 58.5 Å². The van der Waals surface area contributed by atoms with Crippen molar-refractivity contribution in [3.8, 4) is 0 Å². The molecule has 0 aromatic heterocycles. The van der Waals surface area contributed by atoms with Crippen molar-refractivity contribution in [1.82, 2.24) is 0 Å². The number of halogens is 1. The molecule has 0 spiro atoms. The Kier molecular flexibility index (Phi) is 2.84. The van der Waals surface area contributed by atoms with Crippen molar-refractivity contribution in [3.63, 3.8) is 0 Å². The minimum Gasteiger partial charge on any atom is -0.381 e. The second-order valence-corrected chi connectivity index (χ2v) is 3.44. The van der Waals surface area contributed by atoms with Crippen molar-refractivity contribution in [2.24, 2.45) is 0 Å². The fraction of sp³-hybridized carbons (Fsp3) is 1.00. The highest BCUT2D eigenvalue weighted by Gasteiger charge is 2.06. The van der Waals surface area contributed by atoms with Crippen molar-refractivity contribution in [2.45, 2.75) is 24.1 Å². The van der Waals surface area contributed by atoms with Crippen LogP contribution in [0.3, 0.4) is 0 Å². The Morgan fingerprint density at radius 3 is 3.00 bits per heavy atom. The summed E-state index contributed by atoms with van der Waals surface area (Å²) in [4.78, 5) is 0.713. The molecule has 1 aliphatic rings. The van der Waals surface area contributed by atoms with E-state index in [0.717, 1.165) is 13.2 Å². The molecule has 8 heavy (non-hydrogen) atoms. The lowest BCUT2D eigenvalue weighted by Gasteiger charge is -1.99. The summed E-state index contributed by atoms with van der Waals surface area (Å²) in [5.74, 6) is 0. The van der Waals surface area contributed by atoms with Gasteiger partial charge in [0.15, 0.2) is 0 Å². The quantitative estimate of drug-likeness (QED) is 0.516. The molecule has 0 amide bonds. The van der Waals surface area contributed by atoms with E-state index in [4.69, 9.17) is 4.74 Å². The number of ether oxygens (including phenoxy) is 1. The lowest BCUT2D eigenvalue weighted by Crippen LogP contribution is -1.96. The number of alkyl halides is 1. The average Bonchev–Trinajstić information content (AvgIpc) is 1.94. The zero-order chi connectivity index (χ0) is 5.82. The Bertz CT molecular complexity index is 57.5. The number of hydrogen-bond acceptors (Lipinski definition) is 1. The lowest BCUT2D eigenvalue weighted by molar-refractivity contribution is 0.144. The SMILES string of the molecule is BrC1CCCOCC1. The van der Waals surface area contributed by atoms with Gasteiger partial charge in [0.25, 0.3) is 0 Å². The Morgan fingerprint density at radius 2 is 2.12 bits per heavy atom. The van der Waals surface area contributed by atoms with Gasteiger partial charge in [-0.3, -0.25) is 0 Å². The molecule has 1 aliphatic heterocycles. The zero-order valence-electron chi connectivity index (χ0n) is 4.90. The van der Waals surface area contributed by atoms with E-state index in [-0.39, 0.29) is 0 Å². The van der Waals surface area contributed by atoms with Crippen LogP contribution < -0.4 is 0 Å². The van der Waals surface area contributed by atoms with Crippen molar-refractivity contribution >= 4 is 15.9 Å². The minimum absolute atomic E-state index is 0.713. The summed E-state index contributed by atoms with van der Waals surface area (Å²) in [5, 5.41) is 0. The Morgan fingerprint density at radius 1 is 1.25 bits per heavy atom. The topological polar surface area (TPSA) is 9.23 Å². The van der Waals surface area contributed by atoms with Gasteiger partial charge in [0.1, 0.15) is 0 Å². The maximum absolute atomic E-state index is 5.23.